The molecule has 372 valence electrons. The number of carbonyl (C=O) groups excluding carboxylic acids is 2. The van der Waals surface area contributed by atoms with E-state index in [1.54, 1.807) is 12.1 Å². The minimum absolute atomic E-state index is 0.00460. The summed E-state index contributed by atoms with van der Waals surface area (Å²) in [7, 11) is 0. The van der Waals surface area contributed by atoms with Crippen molar-refractivity contribution >= 4 is 28.7 Å². The van der Waals surface area contributed by atoms with Crippen LogP contribution in [-0.2, 0) is 20.9 Å². The summed E-state index contributed by atoms with van der Waals surface area (Å²) >= 11 is 0. The summed E-state index contributed by atoms with van der Waals surface area (Å²) in [5, 5.41) is 29.7. The third-order valence-corrected chi connectivity index (χ3v) is 14.0. The van der Waals surface area contributed by atoms with E-state index in [0.717, 1.165) is 72.4 Å². The summed E-state index contributed by atoms with van der Waals surface area (Å²) in [4.78, 5) is 35.8. The molecule has 68 heavy (non-hydrogen) atoms. The molecular formula is C56H79N3O9. The Balaban J connectivity index is 1.48. The van der Waals surface area contributed by atoms with Gasteiger partial charge < -0.3 is 39.3 Å². The van der Waals surface area contributed by atoms with Crippen molar-refractivity contribution in [2.75, 3.05) is 39.6 Å². The van der Waals surface area contributed by atoms with Gasteiger partial charge in [-0.3, -0.25) is 4.90 Å². The number of ether oxygens (including phenoxy) is 4. The van der Waals surface area contributed by atoms with E-state index in [1.165, 1.54) is 44.9 Å². The first-order chi connectivity index (χ1) is 33.3. The summed E-state index contributed by atoms with van der Waals surface area (Å²) in [6.07, 6.45) is 19.4. The molecule has 12 nitrogen and oxygen atoms in total. The fourth-order valence-electron chi connectivity index (χ4n) is 10.9. The van der Waals surface area contributed by atoms with Crippen molar-refractivity contribution in [1.82, 2.24) is 10.2 Å². The number of amides is 2. The lowest BCUT2D eigenvalue weighted by Crippen LogP contribution is -2.70. The molecule has 6 rings (SSSR count). The summed E-state index contributed by atoms with van der Waals surface area (Å²) in [6.45, 7) is 11.6. The Hall–Kier alpha value is -4.91. The average molecular weight is 938 g/mol. The number of rotatable bonds is 29. The predicted molar refractivity (Wildman–Crippen MR) is 269 cm³/mol. The third-order valence-electron chi connectivity index (χ3n) is 14.0. The van der Waals surface area contributed by atoms with E-state index in [0.29, 0.717) is 43.2 Å². The number of aliphatic hydroxyl groups excluding tert-OH is 2. The van der Waals surface area contributed by atoms with Gasteiger partial charge in [0.15, 0.2) is 0 Å². The lowest BCUT2D eigenvalue weighted by Gasteiger charge is -2.59. The van der Waals surface area contributed by atoms with Crippen LogP contribution in [0, 0.1) is 17.8 Å². The number of benzene rings is 3. The number of aliphatic hydroxyl groups is 2. The Bertz CT molecular complexity index is 2120. The Kier molecular flexibility index (Phi) is 21.1. The summed E-state index contributed by atoms with van der Waals surface area (Å²) in [6, 6.07) is 19.1. The molecule has 0 bridgehead atoms. The van der Waals surface area contributed by atoms with Gasteiger partial charge in [-0.25, -0.2) is 9.59 Å². The van der Waals surface area contributed by atoms with Crippen molar-refractivity contribution in [3.05, 3.63) is 96.1 Å². The van der Waals surface area contributed by atoms with Crippen LogP contribution in [0.5, 0.6) is 11.5 Å². The van der Waals surface area contributed by atoms with Crippen LogP contribution in [0.1, 0.15) is 147 Å². The third kappa shape index (κ3) is 13.2. The van der Waals surface area contributed by atoms with E-state index in [2.05, 4.69) is 49.2 Å². The van der Waals surface area contributed by atoms with Crippen molar-refractivity contribution in [3.8, 4) is 11.5 Å². The largest absolute Gasteiger partial charge is 0.459 e. The monoisotopic (exact) mass is 938 g/mol. The van der Waals surface area contributed by atoms with Gasteiger partial charge in [0.05, 0.1) is 31.4 Å². The minimum Gasteiger partial charge on any atom is -0.459 e. The van der Waals surface area contributed by atoms with Gasteiger partial charge >= 0.3 is 12.2 Å². The van der Waals surface area contributed by atoms with Crippen LogP contribution in [0.2, 0.25) is 0 Å². The van der Waals surface area contributed by atoms with Crippen molar-refractivity contribution < 1.29 is 43.6 Å². The van der Waals surface area contributed by atoms with Gasteiger partial charge in [-0.05, 0) is 97.9 Å². The molecule has 3 aliphatic rings. The molecule has 0 radical (unpaired) electrons. The number of carbonyl (C=O) groups is 2. The first-order valence-corrected chi connectivity index (χ1v) is 25.9. The van der Waals surface area contributed by atoms with Crippen LogP contribution < -0.4 is 14.8 Å². The van der Waals surface area contributed by atoms with Gasteiger partial charge in [-0.2, -0.15) is 0 Å². The molecule has 3 N–H and O–H groups in total. The smallest absolute Gasteiger partial charge is 0.412 e. The maximum Gasteiger partial charge on any atom is 0.412 e. The number of nitrogens with one attached hydrogen (secondary N) is 1. The topological polar surface area (TPSA) is 148 Å². The zero-order chi connectivity index (χ0) is 48.1. The first-order valence-electron chi connectivity index (χ1n) is 25.9. The second-order valence-corrected chi connectivity index (χ2v) is 18.7. The maximum absolute atomic E-state index is 15.2. The molecular weight excluding hydrogens is 859 g/mol. The van der Waals surface area contributed by atoms with E-state index in [4.69, 9.17) is 28.9 Å². The Morgan fingerprint density at radius 2 is 1.60 bits per heavy atom. The Morgan fingerprint density at radius 3 is 2.32 bits per heavy atom. The standard InChI is InChI=1S/C56H79N3O9/c1-5-9-10-11-12-13-14-15-16-23-36-64-55(63)59(40-43-28-24-27-41-25-17-18-29-45(41)43)51-39-49(58-66-8-4)47-37-42(26-19-21-33-60)46(30-20-22-34-61)52-48-38-44(67-54(62)57-7-3)31-32-50(48)68-56(51,53(47)52)65-35-6-2/h6,17-18,24-25,27-29,31-32,37-38,42,46,51-53,60-61H,2,5,7-16,19-23,26,30,33-36,39-40H2,1,3-4H3,(H,57,62). The number of nitrogens with zero attached hydrogens (tertiary/aromatic N) is 2. The minimum atomic E-state index is -1.48. The lowest BCUT2D eigenvalue weighted by atomic mass is 9.55. The SMILES string of the molecule is C=CCOC12Oc3ccc(OC(=O)NCC)cc3C3C(CCCCO)C(CCCCO)C=C(C(=NOCC)CC1N(Cc1cccc4ccccc14)C(=O)OCCCCCCCCCCCC)C32. The first kappa shape index (κ1) is 52.5. The van der Waals surface area contributed by atoms with E-state index < -0.39 is 29.9 Å². The van der Waals surface area contributed by atoms with Crippen LogP contribution in [-0.4, -0.2) is 84.4 Å². The number of fused-ring (bicyclic) bond motifs is 3. The molecule has 2 amide bonds. The molecule has 12 heteroatoms. The van der Waals surface area contributed by atoms with Crippen molar-refractivity contribution in [3.63, 3.8) is 0 Å². The second-order valence-electron chi connectivity index (χ2n) is 18.7. The van der Waals surface area contributed by atoms with Crippen LogP contribution >= 0.6 is 0 Å². The molecule has 0 aromatic heterocycles. The molecule has 1 aliphatic heterocycles. The van der Waals surface area contributed by atoms with Gasteiger partial charge in [-0.1, -0.05) is 137 Å². The normalized spacial score (nSPS) is 22.1. The number of hydrogen-bond donors (Lipinski definition) is 3. The molecule has 0 saturated heterocycles. The number of unbranched alkanes of at least 4 members (excludes halogenated alkanes) is 11. The molecule has 2 aliphatic carbocycles. The van der Waals surface area contributed by atoms with Gasteiger partial charge in [0.1, 0.15) is 24.1 Å². The van der Waals surface area contributed by atoms with Crippen LogP contribution in [0.4, 0.5) is 9.59 Å². The van der Waals surface area contributed by atoms with Gasteiger partial charge in [-0.15, -0.1) is 6.58 Å². The fourth-order valence-corrected chi connectivity index (χ4v) is 10.9. The summed E-state index contributed by atoms with van der Waals surface area (Å²) in [5.74, 6) is -1.28. The fraction of sp³-hybridized carbons (Fsp3) is 0.589. The molecule has 3 aromatic carbocycles. The number of oxime groups is 1. The molecule has 1 heterocycles. The number of allylic oxidation sites excluding steroid dienone is 1. The zero-order valence-electron chi connectivity index (χ0n) is 41.1. The van der Waals surface area contributed by atoms with E-state index >= 15 is 4.79 Å². The van der Waals surface area contributed by atoms with Gasteiger partial charge in [0.25, 0.3) is 0 Å². The van der Waals surface area contributed by atoms with E-state index in [1.807, 2.05) is 49.1 Å². The number of hydrogen-bond acceptors (Lipinski definition) is 10. The zero-order valence-corrected chi connectivity index (χ0v) is 41.1. The molecule has 1 fully saturated rings. The van der Waals surface area contributed by atoms with Crippen molar-refractivity contribution in [2.24, 2.45) is 22.9 Å². The molecule has 6 atom stereocenters. The highest BCUT2D eigenvalue weighted by Crippen LogP contribution is 2.62. The molecule has 1 saturated carbocycles. The van der Waals surface area contributed by atoms with Crippen molar-refractivity contribution in [1.29, 1.82) is 0 Å². The summed E-state index contributed by atoms with van der Waals surface area (Å²) < 4.78 is 26.8. The van der Waals surface area contributed by atoms with Gasteiger partial charge in [0.2, 0.25) is 5.79 Å². The Labute approximate surface area is 405 Å². The average Bonchev–Trinajstić information content (AvgIpc) is 3.35. The summed E-state index contributed by atoms with van der Waals surface area (Å²) in [5.41, 5.74) is 3.46. The Morgan fingerprint density at radius 1 is 0.882 bits per heavy atom. The van der Waals surface area contributed by atoms with Crippen molar-refractivity contribution in [2.45, 2.75) is 154 Å². The maximum atomic E-state index is 15.2. The van der Waals surface area contributed by atoms with Crippen LogP contribution in [0.25, 0.3) is 10.8 Å². The van der Waals surface area contributed by atoms with E-state index in [-0.39, 0.29) is 57.1 Å². The van der Waals surface area contributed by atoms with Gasteiger partial charge in [0, 0.05) is 37.7 Å². The highest BCUT2D eigenvalue weighted by molar-refractivity contribution is 6.03. The predicted octanol–water partition coefficient (Wildman–Crippen LogP) is 12.2. The lowest BCUT2D eigenvalue weighted by molar-refractivity contribution is -0.256. The van der Waals surface area contributed by atoms with Crippen LogP contribution in [0.15, 0.2) is 90.1 Å². The highest BCUT2D eigenvalue weighted by atomic mass is 16.7. The molecule has 3 aromatic rings. The molecule has 0 spiro atoms. The molecule has 6 unspecified atom stereocenters. The highest BCUT2D eigenvalue weighted by Gasteiger charge is 2.65. The quantitative estimate of drug-likeness (QED) is 0.0351. The van der Waals surface area contributed by atoms with E-state index in [9.17, 15) is 15.0 Å². The second kappa shape index (κ2) is 27.3. The van der Waals surface area contributed by atoms with Crippen LogP contribution in [0.3, 0.4) is 0 Å².